The van der Waals surface area contributed by atoms with Crippen molar-refractivity contribution in [2.45, 2.75) is 51.6 Å². The smallest absolute Gasteiger partial charge is 0.191 e. The predicted molar refractivity (Wildman–Crippen MR) is 87.8 cm³/mol. The normalized spacial score (nSPS) is 16.9. The van der Waals surface area contributed by atoms with Gasteiger partial charge in [-0.1, -0.05) is 25.3 Å². The summed E-state index contributed by atoms with van der Waals surface area (Å²) in [4.78, 5) is 4.67. The summed E-state index contributed by atoms with van der Waals surface area (Å²) >= 11 is 0. The van der Waals surface area contributed by atoms with Gasteiger partial charge in [-0.25, -0.2) is 4.99 Å². The Balaban J connectivity index is 1.69. The molecule has 2 N–H and O–H groups in total. The number of aromatic nitrogens is 3. The van der Waals surface area contributed by atoms with Crippen LogP contribution >= 0.6 is 0 Å². The SMILES string of the molecule is CCNC(=NCc1nnc2ccccn12)NC1CCCCC1. The molecule has 3 rings (SSSR count). The molecule has 0 aromatic carbocycles. The lowest BCUT2D eigenvalue weighted by Crippen LogP contribution is -2.44. The van der Waals surface area contributed by atoms with Crippen molar-refractivity contribution >= 4 is 11.6 Å². The second-order valence-electron chi connectivity index (χ2n) is 5.72. The average molecular weight is 300 g/mol. The zero-order valence-electron chi connectivity index (χ0n) is 13.1. The van der Waals surface area contributed by atoms with E-state index >= 15 is 0 Å². The number of pyridine rings is 1. The average Bonchev–Trinajstić information content (AvgIpc) is 2.97. The maximum Gasteiger partial charge on any atom is 0.191 e. The number of rotatable bonds is 4. The molecule has 1 aliphatic rings. The molecular formula is C16H24N6. The molecule has 0 saturated heterocycles. The molecule has 0 radical (unpaired) electrons. The number of guanidine groups is 1. The van der Waals surface area contributed by atoms with Gasteiger partial charge in [0.15, 0.2) is 17.4 Å². The van der Waals surface area contributed by atoms with E-state index in [1.807, 2.05) is 28.8 Å². The Morgan fingerprint density at radius 1 is 1.27 bits per heavy atom. The van der Waals surface area contributed by atoms with E-state index in [1.54, 1.807) is 0 Å². The Morgan fingerprint density at radius 3 is 2.95 bits per heavy atom. The summed E-state index contributed by atoms with van der Waals surface area (Å²) < 4.78 is 1.98. The summed E-state index contributed by atoms with van der Waals surface area (Å²) in [6, 6.07) is 6.44. The molecule has 0 atom stereocenters. The second-order valence-corrected chi connectivity index (χ2v) is 5.72. The summed E-state index contributed by atoms with van der Waals surface area (Å²) in [5, 5.41) is 15.3. The Hall–Kier alpha value is -2.11. The highest BCUT2D eigenvalue weighted by molar-refractivity contribution is 5.80. The van der Waals surface area contributed by atoms with Crippen molar-refractivity contribution in [3.63, 3.8) is 0 Å². The van der Waals surface area contributed by atoms with E-state index in [0.717, 1.165) is 24.0 Å². The highest BCUT2D eigenvalue weighted by atomic mass is 15.3. The van der Waals surface area contributed by atoms with Crippen LogP contribution in [0.4, 0.5) is 0 Å². The molecule has 0 bridgehead atoms. The summed E-state index contributed by atoms with van der Waals surface area (Å²) in [6.45, 7) is 3.47. The fourth-order valence-corrected chi connectivity index (χ4v) is 2.91. The monoisotopic (exact) mass is 300 g/mol. The first-order valence-corrected chi connectivity index (χ1v) is 8.20. The standard InChI is InChI=1S/C16H24N6/c1-2-17-16(19-13-8-4-3-5-9-13)18-12-15-21-20-14-10-6-7-11-22(14)15/h6-7,10-11,13H,2-5,8-9,12H2,1H3,(H2,17,18,19). The lowest BCUT2D eigenvalue weighted by Gasteiger charge is -2.24. The molecule has 1 fully saturated rings. The maximum atomic E-state index is 4.67. The first-order chi connectivity index (χ1) is 10.9. The second kappa shape index (κ2) is 7.24. The van der Waals surface area contributed by atoms with Crippen molar-refractivity contribution in [3.8, 4) is 0 Å². The number of nitrogens with one attached hydrogen (secondary N) is 2. The van der Waals surface area contributed by atoms with Gasteiger partial charge in [0.05, 0.1) is 0 Å². The number of aliphatic imine (C=N–C) groups is 1. The topological polar surface area (TPSA) is 66.6 Å². The molecule has 2 heterocycles. The summed E-state index contributed by atoms with van der Waals surface area (Å²) in [6.07, 6.45) is 8.42. The fraction of sp³-hybridized carbons (Fsp3) is 0.562. The van der Waals surface area contributed by atoms with Crippen LogP contribution in [0.5, 0.6) is 0 Å². The summed E-state index contributed by atoms with van der Waals surface area (Å²) in [7, 11) is 0. The van der Waals surface area contributed by atoms with E-state index in [0.29, 0.717) is 12.6 Å². The lowest BCUT2D eigenvalue weighted by molar-refractivity contribution is 0.410. The molecule has 22 heavy (non-hydrogen) atoms. The van der Waals surface area contributed by atoms with Crippen molar-refractivity contribution < 1.29 is 0 Å². The van der Waals surface area contributed by atoms with Crippen LogP contribution < -0.4 is 10.6 Å². The molecule has 1 saturated carbocycles. The largest absolute Gasteiger partial charge is 0.357 e. The van der Waals surface area contributed by atoms with Gasteiger partial charge in [-0.05, 0) is 31.9 Å². The minimum atomic E-state index is 0.521. The lowest BCUT2D eigenvalue weighted by atomic mass is 9.96. The van der Waals surface area contributed by atoms with Gasteiger partial charge in [0.25, 0.3) is 0 Å². The van der Waals surface area contributed by atoms with Crippen LogP contribution in [0.2, 0.25) is 0 Å². The van der Waals surface area contributed by atoms with Gasteiger partial charge in [-0.2, -0.15) is 0 Å². The van der Waals surface area contributed by atoms with Crippen molar-refractivity contribution in [2.24, 2.45) is 4.99 Å². The van der Waals surface area contributed by atoms with E-state index in [4.69, 9.17) is 0 Å². The van der Waals surface area contributed by atoms with Crippen molar-refractivity contribution in [1.82, 2.24) is 25.2 Å². The van der Waals surface area contributed by atoms with Gasteiger partial charge in [-0.15, -0.1) is 10.2 Å². The minimum absolute atomic E-state index is 0.521. The molecule has 1 aliphatic carbocycles. The summed E-state index contributed by atoms with van der Waals surface area (Å²) in [5.41, 5.74) is 0.859. The van der Waals surface area contributed by atoms with Crippen LogP contribution in [0.25, 0.3) is 5.65 Å². The Bertz CT molecular complexity index is 626. The quantitative estimate of drug-likeness (QED) is 0.670. The highest BCUT2D eigenvalue weighted by Gasteiger charge is 2.14. The third-order valence-electron chi connectivity index (χ3n) is 4.05. The third kappa shape index (κ3) is 3.55. The minimum Gasteiger partial charge on any atom is -0.357 e. The Kier molecular flexibility index (Phi) is 4.88. The van der Waals surface area contributed by atoms with E-state index in [1.165, 1.54) is 32.1 Å². The van der Waals surface area contributed by atoms with Crippen LogP contribution in [0.1, 0.15) is 44.9 Å². The highest BCUT2D eigenvalue weighted by Crippen LogP contribution is 2.17. The van der Waals surface area contributed by atoms with Crippen LogP contribution in [-0.2, 0) is 6.54 Å². The van der Waals surface area contributed by atoms with Crippen LogP contribution in [0, 0.1) is 0 Å². The van der Waals surface area contributed by atoms with E-state index in [9.17, 15) is 0 Å². The van der Waals surface area contributed by atoms with Crippen LogP contribution in [0.15, 0.2) is 29.4 Å². The van der Waals surface area contributed by atoms with Crippen LogP contribution in [-0.4, -0.2) is 33.1 Å². The zero-order chi connectivity index (χ0) is 15.2. The van der Waals surface area contributed by atoms with Crippen molar-refractivity contribution in [3.05, 3.63) is 30.2 Å². The van der Waals surface area contributed by atoms with Gasteiger partial charge < -0.3 is 10.6 Å². The molecule has 2 aromatic rings. The Labute approximate surface area is 131 Å². The first-order valence-electron chi connectivity index (χ1n) is 8.20. The first kappa shape index (κ1) is 14.8. The van der Waals surface area contributed by atoms with Crippen LogP contribution in [0.3, 0.4) is 0 Å². The van der Waals surface area contributed by atoms with Gasteiger partial charge in [0.2, 0.25) is 0 Å². The van der Waals surface area contributed by atoms with Gasteiger partial charge in [0.1, 0.15) is 6.54 Å². The number of nitrogens with zero attached hydrogens (tertiary/aromatic N) is 4. The molecule has 118 valence electrons. The van der Waals surface area contributed by atoms with E-state index in [-0.39, 0.29) is 0 Å². The van der Waals surface area contributed by atoms with Gasteiger partial charge >= 0.3 is 0 Å². The van der Waals surface area contributed by atoms with Crippen molar-refractivity contribution in [2.75, 3.05) is 6.54 Å². The molecule has 2 aromatic heterocycles. The maximum absolute atomic E-state index is 4.67. The molecule has 6 nitrogen and oxygen atoms in total. The third-order valence-corrected chi connectivity index (χ3v) is 4.05. The summed E-state index contributed by atoms with van der Waals surface area (Å²) in [5.74, 6) is 1.73. The predicted octanol–water partition coefficient (Wildman–Crippen LogP) is 2.12. The molecule has 0 amide bonds. The van der Waals surface area contributed by atoms with E-state index in [2.05, 4.69) is 32.7 Å². The van der Waals surface area contributed by atoms with Gasteiger partial charge in [0, 0.05) is 18.8 Å². The number of fused-ring (bicyclic) bond motifs is 1. The molecule has 0 aliphatic heterocycles. The van der Waals surface area contributed by atoms with E-state index < -0.39 is 0 Å². The Morgan fingerprint density at radius 2 is 2.14 bits per heavy atom. The fourth-order valence-electron chi connectivity index (χ4n) is 2.91. The van der Waals surface area contributed by atoms with Crippen molar-refractivity contribution in [1.29, 1.82) is 0 Å². The number of hydrogen-bond donors (Lipinski definition) is 2. The molecular weight excluding hydrogens is 276 g/mol. The molecule has 0 spiro atoms. The zero-order valence-corrected chi connectivity index (χ0v) is 13.1. The number of hydrogen-bond acceptors (Lipinski definition) is 3. The molecule has 6 heteroatoms. The molecule has 0 unspecified atom stereocenters. The van der Waals surface area contributed by atoms with Gasteiger partial charge in [-0.3, -0.25) is 4.40 Å².